The van der Waals surface area contributed by atoms with Crippen LogP contribution in [-0.4, -0.2) is 69.0 Å². The Morgan fingerprint density at radius 3 is 0.714 bits per heavy atom. The van der Waals surface area contributed by atoms with Crippen LogP contribution in [0.3, 0.4) is 0 Å². The molecule has 152 valence electrons. The maximum Gasteiger partial charge on any atom is 0.187 e. The maximum atomic E-state index is 8.81. The van der Waals surface area contributed by atoms with Crippen molar-refractivity contribution in [3.05, 3.63) is 0 Å². The van der Waals surface area contributed by atoms with Gasteiger partial charge in [-0.15, -0.1) is 0 Å². The highest BCUT2D eigenvalue weighted by atomic mass is 16.3. The van der Waals surface area contributed by atoms with Gasteiger partial charge in [0.05, 0.1) is 50.7 Å². The number of nitrogens with zero attached hydrogens (tertiary/aromatic N) is 8. The van der Waals surface area contributed by atoms with Crippen molar-refractivity contribution in [3.63, 3.8) is 0 Å². The summed E-state index contributed by atoms with van der Waals surface area (Å²) in [6, 6.07) is 6.99. The van der Waals surface area contributed by atoms with Gasteiger partial charge >= 0.3 is 0 Å². The molecule has 0 rings (SSSR count). The topological polar surface area (TPSA) is 226 Å². The van der Waals surface area contributed by atoms with Gasteiger partial charge in [0.15, 0.2) is 22.2 Å². The van der Waals surface area contributed by atoms with Gasteiger partial charge in [-0.05, 0) is 27.7 Å². The summed E-state index contributed by atoms with van der Waals surface area (Å²) in [6.07, 6.45) is 0. The first kappa shape index (κ1) is 27.2. The lowest BCUT2D eigenvalue weighted by molar-refractivity contribution is 0.217. The minimum atomic E-state index is -1.35. The Bertz CT molecular complexity index is 609. The summed E-state index contributed by atoms with van der Waals surface area (Å²) >= 11 is 0. The van der Waals surface area contributed by atoms with Gasteiger partial charge < -0.3 is 20.4 Å². The van der Waals surface area contributed by atoms with Crippen LogP contribution >= 0.6 is 0 Å². The molecule has 0 aliphatic rings. The minimum Gasteiger partial charge on any atom is -0.393 e. The van der Waals surface area contributed by atoms with E-state index in [9.17, 15) is 0 Å². The molecule has 12 nitrogen and oxygen atoms in total. The zero-order chi connectivity index (χ0) is 22.5. The van der Waals surface area contributed by atoms with Crippen molar-refractivity contribution < 1.29 is 20.4 Å². The summed E-state index contributed by atoms with van der Waals surface area (Å²) in [5, 5.41) is 83.8. The Balaban J connectivity index is 0. The smallest absolute Gasteiger partial charge is 0.187 e. The van der Waals surface area contributed by atoms with Crippen molar-refractivity contribution in [1.82, 2.24) is 0 Å². The van der Waals surface area contributed by atoms with Crippen LogP contribution in [0.4, 0.5) is 0 Å². The molecule has 0 spiro atoms. The number of nitriles is 4. The Morgan fingerprint density at radius 1 is 0.500 bits per heavy atom. The van der Waals surface area contributed by atoms with Gasteiger partial charge in [0.25, 0.3) is 0 Å². The highest BCUT2D eigenvalue weighted by Gasteiger charge is 2.28. The number of hydrogen-bond acceptors (Lipinski definition) is 12. The van der Waals surface area contributed by atoms with Gasteiger partial charge in [0.1, 0.15) is 0 Å². The van der Waals surface area contributed by atoms with Crippen LogP contribution in [0.25, 0.3) is 0 Å². The van der Waals surface area contributed by atoms with Crippen LogP contribution in [-0.2, 0) is 0 Å². The molecular formula is C16H24N8O4. The minimum absolute atomic E-state index is 0.486. The van der Waals surface area contributed by atoms with Crippen LogP contribution in [0, 0.1) is 45.3 Å². The SMILES string of the molecule is CC(C#N)(CO)N=NC(C)(C#N)CO.CC(C#N)(CO)N=NC(C)(C#N)CO. The third-order valence-electron chi connectivity index (χ3n) is 3.18. The van der Waals surface area contributed by atoms with Crippen molar-refractivity contribution >= 4 is 0 Å². The second kappa shape index (κ2) is 11.7. The first-order valence-electron chi connectivity index (χ1n) is 7.87. The predicted octanol–water partition coefficient (Wildman–Crippen LogP) is -0.0245. The van der Waals surface area contributed by atoms with E-state index in [2.05, 4.69) is 20.5 Å². The van der Waals surface area contributed by atoms with Gasteiger partial charge in [-0.3, -0.25) is 0 Å². The molecule has 0 saturated carbocycles. The van der Waals surface area contributed by atoms with E-state index in [-0.39, 0.29) is 0 Å². The molecular weight excluding hydrogens is 368 g/mol. The molecule has 0 heterocycles. The fraction of sp³-hybridized carbons (Fsp3) is 0.750. The van der Waals surface area contributed by atoms with Gasteiger partial charge in [0.2, 0.25) is 0 Å². The quantitative estimate of drug-likeness (QED) is 0.409. The summed E-state index contributed by atoms with van der Waals surface area (Å²) < 4.78 is 0. The predicted molar refractivity (Wildman–Crippen MR) is 94.1 cm³/mol. The lowest BCUT2D eigenvalue weighted by Gasteiger charge is -2.15. The van der Waals surface area contributed by atoms with Crippen molar-refractivity contribution in [2.75, 3.05) is 26.4 Å². The zero-order valence-corrected chi connectivity index (χ0v) is 16.2. The maximum absolute atomic E-state index is 8.81. The lowest BCUT2D eigenvalue weighted by atomic mass is 10.1. The Morgan fingerprint density at radius 2 is 0.643 bits per heavy atom. The number of hydrogen-bond donors (Lipinski definition) is 4. The molecule has 0 aromatic heterocycles. The van der Waals surface area contributed by atoms with Crippen LogP contribution in [0.5, 0.6) is 0 Å². The molecule has 28 heavy (non-hydrogen) atoms. The van der Waals surface area contributed by atoms with Crippen molar-refractivity contribution in [3.8, 4) is 24.3 Å². The summed E-state index contributed by atoms with van der Waals surface area (Å²) in [6.45, 7) is 3.58. The van der Waals surface area contributed by atoms with Crippen LogP contribution < -0.4 is 0 Å². The fourth-order valence-electron chi connectivity index (χ4n) is 0.799. The average molecular weight is 392 g/mol. The second-order valence-corrected chi connectivity index (χ2v) is 6.58. The van der Waals surface area contributed by atoms with E-state index in [0.29, 0.717) is 0 Å². The molecule has 0 saturated heterocycles. The lowest BCUT2D eigenvalue weighted by Crippen LogP contribution is -2.28. The standard InChI is InChI=1S/2C8H12N4O2/c2*1-7(3-9,5-13)11-12-8(2,4-10)6-14/h2*13-14H,5-6H2,1-2H3. The first-order chi connectivity index (χ1) is 12.9. The highest BCUT2D eigenvalue weighted by molar-refractivity contribution is 5.08. The highest BCUT2D eigenvalue weighted by Crippen LogP contribution is 2.15. The molecule has 0 aromatic carbocycles. The summed E-state index contributed by atoms with van der Waals surface area (Å²) in [5.41, 5.74) is -5.42. The molecule has 4 atom stereocenters. The van der Waals surface area contributed by atoms with Crippen LogP contribution in [0.2, 0.25) is 0 Å². The van der Waals surface area contributed by atoms with E-state index in [1.54, 1.807) is 24.3 Å². The van der Waals surface area contributed by atoms with E-state index in [1.807, 2.05) is 0 Å². The number of azo groups is 2. The molecule has 0 radical (unpaired) electrons. The van der Waals surface area contributed by atoms with Crippen LogP contribution in [0.1, 0.15) is 27.7 Å². The number of aliphatic hydroxyl groups is 4. The fourth-order valence-corrected chi connectivity index (χ4v) is 0.799. The third-order valence-corrected chi connectivity index (χ3v) is 3.18. The molecule has 4 N–H and O–H groups in total. The number of rotatable bonds is 8. The largest absolute Gasteiger partial charge is 0.393 e. The molecule has 0 fully saturated rings. The molecule has 12 heteroatoms. The van der Waals surface area contributed by atoms with E-state index in [1.165, 1.54) is 27.7 Å². The normalized spacial score (nSPS) is 19.3. The molecule has 0 bridgehead atoms. The molecule has 0 aliphatic carbocycles. The van der Waals surface area contributed by atoms with Crippen LogP contribution in [0.15, 0.2) is 20.5 Å². The zero-order valence-electron chi connectivity index (χ0n) is 16.2. The Kier molecular flexibility index (Phi) is 11.3. The molecule has 4 unspecified atom stereocenters. The van der Waals surface area contributed by atoms with E-state index >= 15 is 0 Å². The van der Waals surface area contributed by atoms with Gasteiger partial charge in [0, 0.05) is 0 Å². The summed E-state index contributed by atoms with van der Waals surface area (Å²) in [7, 11) is 0. The molecule has 0 aliphatic heterocycles. The average Bonchev–Trinajstić information content (AvgIpc) is 2.75. The van der Waals surface area contributed by atoms with Gasteiger partial charge in [-0.25, -0.2) is 0 Å². The monoisotopic (exact) mass is 392 g/mol. The van der Waals surface area contributed by atoms with E-state index in [0.717, 1.165) is 0 Å². The second-order valence-electron chi connectivity index (χ2n) is 6.58. The number of aliphatic hydroxyl groups excluding tert-OH is 4. The Hall–Kier alpha value is -3.00. The molecule has 0 aromatic rings. The summed E-state index contributed by atoms with van der Waals surface area (Å²) in [5.74, 6) is 0. The van der Waals surface area contributed by atoms with Crippen molar-refractivity contribution in [2.24, 2.45) is 20.5 Å². The first-order valence-corrected chi connectivity index (χ1v) is 7.87. The van der Waals surface area contributed by atoms with Crippen molar-refractivity contribution in [1.29, 1.82) is 21.0 Å². The van der Waals surface area contributed by atoms with Gasteiger partial charge in [-0.1, -0.05) is 0 Å². The Labute approximate surface area is 163 Å². The summed E-state index contributed by atoms with van der Waals surface area (Å²) in [4.78, 5) is 0. The van der Waals surface area contributed by atoms with E-state index < -0.39 is 48.6 Å². The van der Waals surface area contributed by atoms with Gasteiger partial charge in [-0.2, -0.15) is 41.5 Å². The van der Waals surface area contributed by atoms with E-state index in [4.69, 9.17) is 41.5 Å². The van der Waals surface area contributed by atoms with Crippen molar-refractivity contribution in [2.45, 2.75) is 49.9 Å². The third kappa shape index (κ3) is 9.09. The molecule has 0 amide bonds.